The lowest BCUT2D eigenvalue weighted by molar-refractivity contribution is 0.338. The maximum Gasteiger partial charge on any atom is 0.168 e. The largest absolute Gasteiger partial charge is 0.494 e. The summed E-state index contributed by atoms with van der Waals surface area (Å²) in [5.74, 6) is 3.31. The Morgan fingerprint density at radius 1 is 1.24 bits per heavy atom. The number of rotatable bonds is 6. The molecule has 0 fully saturated rings. The fourth-order valence-corrected chi connectivity index (χ4v) is 1.99. The number of alkyl halides is 1. The molecule has 21 heavy (non-hydrogen) atoms. The van der Waals surface area contributed by atoms with Crippen LogP contribution in [0.4, 0.5) is 0 Å². The fraction of sp³-hybridized carbons (Fsp3) is 0.375. The number of hydrogen-bond acceptors (Lipinski definition) is 4. The average molecular weight is 307 g/mol. The van der Waals surface area contributed by atoms with E-state index in [0.717, 1.165) is 11.6 Å². The van der Waals surface area contributed by atoms with Crippen LogP contribution in [-0.2, 0) is 5.88 Å². The highest BCUT2D eigenvalue weighted by molar-refractivity contribution is 6.17. The summed E-state index contributed by atoms with van der Waals surface area (Å²) in [7, 11) is 0. The molecule has 5 heteroatoms. The molecule has 0 spiro atoms. The first-order valence-corrected chi connectivity index (χ1v) is 7.50. The Morgan fingerprint density at radius 3 is 2.67 bits per heavy atom. The maximum absolute atomic E-state index is 5.96. The van der Waals surface area contributed by atoms with Gasteiger partial charge in [-0.25, -0.2) is 9.97 Å². The van der Waals surface area contributed by atoms with Crippen molar-refractivity contribution in [2.45, 2.75) is 32.6 Å². The van der Waals surface area contributed by atoms with E-state index in [1.165, 1.54) is 0 Å². The van der Waals surface area contributed by atoms with Gasteiger partial charge in [0.2, 0.25) is 0 Å². The number of hydrogen-bond donors (Lipinski definition) is 0. The van der Waals surface area contributed by atoms with Crippen molar-refractivity contribution >= 4 is 11.6 Å². The van der Waals surface area contributed by atoms with E-state index in [9.17, 15) is 0 Å². The molecule has 0 saturated heterocycles. The van der Waals surface area contributed by atoms with Crippen LogP contribution in [0.25, 0.3) is 0 Å². The first kappa shape index (κ1) is 15.6. The SMILES string of the molecule is CCOc1cccc(Oc2cnc(C(C)C)nc2CCl)c1. The van der Waals surface area contributed by atoms with Gasteiger partial charge in [-0.1, -0.05) is 19.9 Å². The summed E-state index contributed by atoms with van der Waals surface area (Å²) in [5, 5.41) is 0. The highest BCUT2D eigenvalue weighted by atomic mass is 35.5. The van der Waals surface area contributed by atoms with Gasteiger partial charge in [0.15, 0.2) is 5.75 Å². The van der Waals surface area contributed by atoms with Gasteiger partial charge in [-0.05, 0) is 19.1 Å². The fourth-order valence-electron chi connectivity index (χ4n) is 1.80. The van der Waals surface area contributed by atoms with Crippen LogP contribution >= 0.6 is 11.6 Å². The van der Waals surface area contributed by atoms with Crippen LogP contribution in [0.15, 0.2) is 30.5 Å². The lowest BCUT2D eigenvalue weighted by Gasteiger charge is -2.12. The molecule has 0 unspecified atom stereocenters. The molecule has 0 radical (unpaired) electrons. The summed E-state index contributed by atoms with van der Waals surface area (Å²) < 4.78 is 11.3. The van der Waals surface area contributed by atoms with Crippen LogP contribution in [0.5, 0.6) is 17.2 Å². The van der Waals surface area contributed by atoms with E-state index in [1.807, 2.05) is 45.0 Å². The van der Waals surface area contributed by atoms with Gasteiger partial charge in [-0.2, -0.15) is 0 Å². The summed E-state index contributed by atoms with van der Waals surface area (Å²) in [6, 6.07) is 7.45. The summed E-state index contributed by atoms with van der Waals surface area (Å²) >= 11 is 5.96. The number of benzene rings is 1. The van der Waals surface area contributed by atoms with Gasteiger partial charge < -0.3 is 9.47 Å². The molecule has 0 saturated carbocycles. The molecule has 2 rings (SSSR count). The second-order valence-corrected chi connectivity index (χ2v) is 5.10. The second-order valence-electron chi connectivity index (χ2n) is 4.84. The third-order valence-corrected chi connectivity index (χ3v) is 3.09. The molecule has 0 N–H and O–H groups in total. The highest BCUT2D eigenvalue weighted by Crippen LogP contribution is 2.28. The monoisotopic (exact) mass is 306 g/mol. The van der Waals surface area contributed by atoms with E-state index in [0.29, 0.717) is 23.8 Å². The Balaban J connectivity index is 2.24. The number of nitrogens with zero attached hydrogens (tertiary/aromatic N) is 2. The minimum atomic E-state index is 0.252. The standard InChI is InChI=1S/C16H19ClN2O2/c1-4-20-12-6-5-7-13(8-12)21-15-10-18-16(11(2)3)19-14(15)9-17/h5-8,10-11H,4,9H2,1-3H3. The number of aromatic nitrogens is 2. The molecule has 2 aromatic rings. The van der Waals surface area contributed by atoms with Gasteiger partial charge in [-0.15, -0.1) is 11.6 Å². The Hall–Kier alpha value is -1.81. The minimum Gasteiger partial charge on any atom is -0.494 e. The van der Waals surface area contributed by atoms with Crippen LogP contribution in [0.3, 0.4) is 0 Å². The number of ether oxygens (including phenoxy) is 2. The van der Waals surface area contributed by atoms with E-state index in [-0.39, 0.29) is 11.8 Å². The zero-order valence-electron chi connectivity index (χ0n) is 12.5. The summed E-state index contributed by atoms with van der Waals surface area (Å²) in [5.41, 5.74) is 0.692. The van der Waals surface area contributed by atoms with E-state index in [1.54, 1.807) is 6.20 Å². The smallest absolute Gasteiger partial charge is 0.168 e. The Morgan fingerprint density at radius 2 is 2.00 bits per heavy atom. The summed E-state index contributed by atoms with van der Waals surface area (Å²) in [6.07, 6.45) is 1.67. The Labute approximate surface area is 130 Å². The van der Waals surface area contributed by atoms with Crippen LogP contribution in [0.1, 0.15) is 38.2 Å². The molecule has 0 aliphatic heterocycles. The minimum absolute atomic E-state index is 0.252. The molecule has 0 atom stereocenters. The first-order valence-electron chi connectivity index (χ1n) is 6.96. The van der Waals surface area contributed by atoms with E-state index in [4.69, 9.17) is 21.1 Å². The van der Waals surface area contributed by atoms with Gasteiger partial charge in [0.05, 0.1) is 18.7 Å². The van der Waals surface area contributed by atoms with Crippen molar-refractivity contribution in [3.05, 3.63) is 42.0 Å². The van der Waals surface area contributed by atoms with Gasteiger partial charge in [-0.3, -0.25) is 0 Å². The van der Waals surface area contributed by atoms with Crippen LogP contribution in [0, 0.1) is 0 Å². The predicted octanol–water partition coefficient (Wildman–Crippen LogP) is 4.53. The van der Waals surface area contributed by atoms with Gasteiger partial charge in [0.1, 0.15) is 23.0 Å². The maximum atomic E-state index is 5.96. The Kier molecular flexibility index (Phi) is 5.39. The van der Waals surface area contributed by atoms with Gasteiger partial charge in [0.25, 0.3) is 0 Å². The van der Waals surface area contributed by atoms with Crippen LogP contribution in [0.2, 0.25) is 0 Å². The molecule has 112 valence electrons. The van der Waals surface area contributed by atoms with Crippen molar-refractivity contribution in [3.8, 4) is 17.2 Å². The summed E-state index contributed by atoms with van der Waals surface area (Å²) in [6.45, 7) is 6.64. The quantitative estimate of drug-likeness (QED) is 0.735. The molecule has 0 amide bonds. The molecule has 0 bridgehead atoms. The molecule has 0 aliphatic carbocycles. The number of halogens is 1. The Bertz CT molecular complexity index is 603. The topological polar surface area (TPSA) is 44.2 Å². The van der Waals surface area contributed by atoms with Crippen molar-refractivity contribution in [1.29, 1.82) is 0 Å². The molecule has 4 nitrogen and oxygen atoms in total. The highest BCUT2D eigenvalue weighted by Gasteiger charge is 2.11. The first-order chi connectivity index (χ1) is 10.1. The van der Waals surface area contributed by atoms with Crippen LogP contribution in [-0.4, -0.2) is 16.6 Å². The van der Waals surface area contributed by atoms with E-state index < -0.39 is 0 Å². The zero-order chi connectivity index (χ0) is 15.2. The van der Waals surface area contributed by atoms with Crippen molar-refractivity contribution in [2.75, 3.05) is 6.61 Å². The van der Waals surface area contributed by atoms with Crippen molar-refractivity contribution < 1.29 is 9.47 Å². The third kappa shape index (κ3) is 4.08. The van der Waals surface area contributed by atoms with E-state index in [2.05, 4.69) is 9.97 Å². The second kappa shape index (κ2) is 7.27. The lowest BCUT2D eigenvalue weighted by atomic mass is 10.2. The van der Waals surface area contributed by atoms with Crippen molar-refractivity contribution in [1.82, 2.24) is 9.97 Å². The summed E-state index contributed by atoms with van der Waals surface area (Å²) in [4.78, 5) is 8.76. The lowest BCUT2D eigenvalue weighted by Crippen LogP contribution is -2.02. The van der Waals surface area contributed by atoms with E-state index >= 15 is 0 Å². The van der Waals surface area contributed by atoms with Gasteiger partial charge >= 0.3 is 0 Å². The molecule has 1 aromatic heterocycles. The molecule has 0 aliphatic rings. The van der Waals surface area contributed by atoms with Crippen LogP contribution < -0.4 is 9.47 Å². The molecule has 1 heterocycles. The third-order valence-electron chi connectivity index (χ3n) is 2.84. The zero-order valence-corrected chi connectivity index (χ0v) is 13.2. The molecule has 1 aromatic carbocycles. The normalized spacial score (nSPS) is 10.7. The van der Waals surface area contributed by atoms with Gasteiger partial charge in [0, 0.05) is 12.0 Å². The van der Waals surface area contributed by atoms with Crippen molar-refractivity contribution in [2.24, 2.45) is 0 Å². The molecular formula is C16H19ClN2O2. The van der Waals surface area contributed by atoms with Crippen molar-refractivity contribution in [3.63, 3.8) is 0 Å². The molecular weight excluding hydrogens is 288 g/mol. The average Bonchev–Trinajstić information content (AvgIpc) is 2.48. The predicted molar refractivity (Wildman–Crippen MR) is 83.4 cm³/mol.